The van der Waals surface area contributed by atoms with Crippen molar-refractivity contribution in [3.8, 4) is 22.9 Å². The first-order valence-corrected chi connectivity index (χ1v) is 8.54. The summed E-state index contributed by atoms with van der Waals surface area (Å²) in [4.78, 5) is 16.8. The van der Waals surface area contributed by atoms with Gasteiger partial charge in [0.2, 0.25) is 11.7 Å². The molecule has 2 heterocycles. The number of hydrogen-bond donors (Lipinski definition) is 2. The lowest BCUT2D eigenvalue weighted by Crippen LogP contribution is -2.20. The van der Waals surface area contributed by atoms with Crippen LogP contribution in [0.15, 0.2) is 48.7 Å². The van der Waals surface area contributed by atoms with Crippen LogP contribution in [0.1, 0.15) is 0 Å². The van der Waals surface area contributed by atoms with E-state index < -0.39 is 0 Å². The minimum Gasteiger partial charge on any atom is -0.497 e. The van der Waals surface area contributed by atoms with Crippen LogP contribution in [0, 0.1) is 0 Å². The van der Waals surface area contributed by atoms with Crippen molar-refractivity contribution in [3.05, 3.63) is 48.7 Å². The highest BCUT2D eigenvalue weighted by Gasteiger charge is 2.14. The van der Waals surface area contributed by atoms with Crippen LogP contribution in [0.25, 0.3) is 22.3 Å². The van der Waals surface area contributed by atoms with Gasteiger partial charge in [-0.25, -0.2) is 0 Å². The standard InChI is InChI=1S/C19H18N6O3/c1-27-12-7-8-16(17(9-12)28-2)21-18(26)11-25-23-19(22-24-25)14-10-20-15-6-4-3-5-13(14)15/h3-10,20H,11H2,1-2H3,(H,21,26). The van der Waals surface area contributed by atoms with Crippen LogP contribution >= 0.6 is 0 Å². The third-order valence-corrected chi connectivity index (χ3v) is 4.25. The molecule has 2 aromatic carbocycles. The van der Waals surface area contributed by atoms with Crippen molar-refractivity contribution in [1.82, 2.24) is 25.2 Å². The van der Waals surface area contributed by atoms with Crippen LogP contribution in [-0.4, -0.2) is 45.3 Å². The smallest absolute Gasteiger partial charge is 0.248 e. The number of aromatic amines is 1. The quantitative estimate of drug-likeness (QED) is 0.534. The molecule has 0 fully saturated rings. The van der Waals surface area contributed by atoms with Crippen LogP contribution in [-0.2, 0) is 11.3 Å². The van der Waals surface area contributed by atoms with Gasteiger partial charge in [-0.3, -0.25) is 4.79 Å². The molecule has 4 rings (SSSR count). The first-order chi connectivity index (χ1) is 13.7. The van der Waals surface area contributed by atoms with Crippen LogP contribution in [0.2, 0.25) is 0 Å². The number of aromatic nitrogens is 5. The summed E-state index contributed by atoms with van der Waals surface area (Å²) in [6, 6.07) is 13.0. The molecular weight excluding hydrogens is 360 g/mol. The Balaban J connectivity index is 1.49. The summed E-state index contributed by atoms with van der Waals surface area (Å²) in [7, 11) is 3.09. The first-order valence-electron chi connectivity index (χ1n) is 8.54. The lowest BCUT2D eigenvalue weighted by Gasteiger charge is -2.11. The number of H-pyrrole nitrogens is 1. The molecular formula is C19H18N6O3. The Morgan fingerprint density at radius 2 is 2.04 bits per heavy atom. The number of methoxy groups -OCH3 is 2. The van der Waals surface area contributed by atoms with Crippen LogP contribution in [0.5, 0.6) is 11.5 Å². The van der Waals surface area contributed by atoms with Crippen LogP contribution < -0.4 is 14.8 Å². The number of hydrogen-bond acceptors (Lipinski definition) is 6. The van der Waals surface area contributed by atoms with Gasteiger partial charge < -0.3 is 19.8 Å². The number of fused-ring (bicyclic) bond motifs is 1. The Bertz CT molecular complexity index is 1130. The minimum absolute atomic E-state index is 0.0788. The first kappa shape index (κ1) is 17.5. The maximum atomic E-state index is 12.4. The Kier molecular flexibility index (Phi) is 4.63. The zero-order valence-electron chi connectivity index (χ0n) is 15.3. The van der Waals surface area contributed by atoms with Crippen molar-refractivity contribution in [2.45, 2.75) is 6.54 Å². The van der Waals surface area contributed by atoms with Gasteiger partial charge in [0.25, 0.3) is 0 Å². The van der Waals surface area contributed by atoms with E-state index in [1.807, 2.05) is 30.5 Å². The molecule has 1 amide bonds. The number of anilines is 1. The predicted molar refractivity (Wildman–Crippen MR) is 103 cm³/mol. The number of carbonyl (C=O) groups excluding carboxylic acids is 1. The maximum absolute atomic E-state index is 12.4. The summed E-state index contributed by atoms with van der Waals surface area (Å²) < 4.78 is 10.4. The van der Waals surface area contributed by atoms with E-state index in [4.69, 9.17) is 9.47 Å². The van der Waals surface area contributed by atoms with Gasteiger partial charge in [0.1, 0.15) is 18.0 Å². The SMILES string of the molecule is COc1ccc(NC(=O)Cn2nnc(-c3c[nH]c4ccccc34)n2)c(OC)c1. The summed E-state index contributed by atoms with van der Waals surface area (Å²) in [6.45, 7) is -0.0788. The Morgan fingerprint density at radius 1 is 1.18 bits per heavy atom. The molecule has 4 aromatic rings. The number of nitrogens with zero attached hydrogens (tertiary/aromatic N) is 4. The molecule has 142 valence electrons. The normalized spacial score (nSPS) is 10.8. The van der Waals surface area contributed by atoms with Gasteiger partial charge in [-0.1, -0.05) is 18.2 Å². The Morgan fingerprint density at radius 3 is 2.86 bits per heavy atom. The lowest BCUT2D eigenvalue weighted by molar-refractivity contribution is -0.117. The molecule has 9 nitrogen and oxygen atoms in total. The highest BCUT2D eigenvalue weighted by atomic mass is 16.5. The topological polar surface area (TPSA) is 107 Å². The van der Waals surface area contributed by atoms with E-state index in [1.165, 1.54) is 11.9 Å². The average molecular weight is 378 g/mol. The molecule has 28 heavy (non-hydrogen) atoms. The van der Waals surface area contributed by atoms with Crippen molar-refractivity contribution < 1.29 is 14.3 Å². The van der Waals surface area contributed by atoms with Gasteiger partial charge in [-0.05, 0) is 23.4 Å². The molecule has 0 spiro atoms. The van der Waals surface area contributed by atoms with Gasteiger partial charge in [-0.2, -0.15) is 4.80 Å². The average Bonchev–Trinajstić information content (AvgIpc) is 3.34. The second kappa shape index (κ2) is 7.39. The predicted octanol–water partition coefficient (Wildman–Crippen LogP) is 2.48. The van der Waals surface area contributed by atoms with E-state index >= 15 is 0 Å². The molecule has 0 unspecified atom stereocenters. The molecule has 9 heteroatoms. The van der Waals surface area contributed by atoms with Crippen LogP contribution in [0.3, 0.4) is 0 Å². The maximum Gasteiger partial charge on any atom is 0.248 e. The zero-order chi connectivity index (χ0) is 19.5. The number of para-hydroxylation sites is 1. The van der Waals surface area contributed by atoms with E-state index in [9.17, 15) is 4.79 Å². The van der Waals surface area contributed by atoms with Gasteiger partial charge in [-0.15, -0.1) is 10.2 Å². The molecule has 0 saturated heterocycles. The molecule has 0 saturated carbocycles. The highest BCUT2D eigenvalue weighted by molar-refractivity contribution is 5.94. The van der Waals surface area contributed by atoms with Gasteiger partial charge >= 0.3 is 0 Å². The van der Waals surface area contributed by atoms with Crippen molar-refractivity contribution in [1.29, 1.82) is 0 Å². The highest BCUT2D eigenvalue weighted by Crippen LogP contribution is 2.29. The Hall–Kier alpha value is -3.88. The van der Waals surface area contributed by atoms with Gasteiger partial charge in [0, 0.05) is 28.7 Å². The summed E-state index contributed by atoms with van der Waals surface area (Å²) in [5, 5.41) is 16.1. The number of rotatable bonds is 6. The number of nitrogens with one attached hydrogen (secondary N) is 2. The molecule has 0 bridgehead atoms. The fraction of sp³-hybridized carbons (Fsp3) is 0.158. The van der Waals surface area contributed by atoms with E-state index in [2.05, 4.69) is 25.7 Å². The van der Waals surface area contributed by atoms with Crippen molar-refractivity contribution in [2.75, 3.05) is 19.5 Å². The largest absolute Gasteiger partial charge is 0.497 e. The van der Waals surface area contributed by atoms with E-state index in [0.29, 0.717) is 23.0 Å². The fourth-order valence-corrected chi connectivity index (χ4v) is 2.89. The third-order valence-electron chi connectivity index (χ3n) is 4.25. The van der Waals surface area contributed by atoms with E-state index in [1.54, 1.807) is 25.3 Å². The summed E-state index contributed by atoms with van der Waals surface area (Å²) in [6.07, 6.45) is 1.83. The Labute approximate surface area is 160 Å². The fourth-order valence-electron chi connectivity index (χ4n) is 2.89. The summed E-state index contributed by atoms with van der Waals surface area (Å²) >= 11 is 0. The molecule has 2 N–H and O–H groups in total. The zero-order valence-corrected chi connectivity index (χ0v) is 15.3. The second-order valence-electron chi connectivity index (χ2n) is 6.01. The van der Waals surface area contributed by atoms with E-state index in [-0.39, 0.29) is 12.5 Å². The molecule has 0 aliphatic heterocycles. The molecule has 0 aliphatic rings. The summed E-state index contributed by atoms with van der Waals surface area (Å²) in [5.74, 6) is 1.29. The van der Waals surface area contributed by atoms with Crippen molar-refractivity contribution >= 4 is 22.5 Å². The number of ether oxygens (including phenoxy) is 2. The third kappa shape index (κ3) is 3.37. The number of benzene rings is 2. The summed E-state index contributed by atoms with van der Waals surface area (Å²) in [5.41, 5.74) is 2.35. The molecule has 0 atom stereocenters. The number of carbonyl (C=O) groups is 1. The molecule has 2 aromatic heterocycles. The number of amides is 1. The minimum atomic E-state index is -0.300. The van der Waals surface area contributed by atoms with Crippen LogP contribution in [0.4, 0.5) is 5.69 Å². The monoisotopic (exact) mass is 378 g/mol. The number of tetrazole rings is 1. The molecule has 0 aliphatic carbocycles. The van der Waals surface area contributed by atoms with Crippen molar-refractivity contribution in [3.63, 3.8) is 0 Å². The van der Waals surface area contributed by atoms with Gasteiger partial charge in [0.15, 0.2) is 0 Å². The second-order valence-corrected chi connectivity index (χ2v) is 6.01. The van der Waals surface area contributed by atoms with Gasteiger partial charge in [0.05, 0.1) is 19.9 Å². The molecule has 0 radical (unpaired) electrons. The van der Waals surface area contributed by atoms with Crippen molar-refractivity contribution in [2.24, 2.45) is 0 Å². The van der Waals surface area contributed by atoms with E-state index in [0.717, 1.165) is 16.5 Å². The lowest BCUT2D eigenvalue weighted by atomic mass is 10.2.